The van der Waals surface area contributed by atoms with Gasteiger partial charge in [0.15, 0.2) is 12.4 Å². The number of nitrogens with zero attached hydrogens (tertiary/aromatic N) is 2. The van der Waals surface area contributed by atoms with Gasteiger partial charge in [0.1, 0.15) is 23.0 Å². The van der Waals surface area contributed by atoms with E-state index < -0.39 is 52.2 Å². The van der Waals surface area contributed by atoms with Gasteiger partial charge in [0, 0.05) is 17.7 Å². The van der Waals surface area contributed by atoms with E-state index in [9.17, 15) is 40.3 Å². The van der Waals surface area contributed by atoms with E-state index in [1.165, 1.54) is 17.4 Å². The van der Waals surface area contributed by atoms with Crippen molar-refractivity contribution in [3.63, 3.8) is 0 Å². The van der Waals surface area contributed by atoms with E-state index in [1.54, 1.807) is 0 Å². The molecule has 1 aliphatic heterocycles. The second-order valence-electron chi connectivity index (χ2n) is 6.87. The number of H-pyrrole nitrogens is 2. The second-order valence-corrected chi connectivity index (χ2v) is 6.87. The summed E-state index contributed by atoms with van der Waals surface area (Å²) >= 11 is 0. The van der Waals surface area contributed by atoms with E-state index in [0.717, 1.165) is 36.4 Å². The fourth-order valence-electron chi connectivity index (χ4n) is 3.44. The van der Waals surface area contributed by atoms with Crippen LogP contribution in [0.2, 0.25) is 0 Å². The van der Waals surface area contributed by atoms with E-state index in [0.29, 0.717) is 4.57 Å². The number of hydrogen-bond acceptors (Lipinski definition) is 4. The second kappa shape index (κ2) is 7.28. The highest BCUT2D eigenvalue weighted by molar-refractivity contribution is 6.09. The Kier molecular flexibility index (Phi) is 4.91. The van der Waals surface area contributed by atoms with Crippen LogP contribution in [0.25, 0.3) is 5.69 Å². The number of nitrogens with one attached hydrogen (secondary N) is 3. The van der Waals surface area contributed by atoms with E-state index in [4.69, 9.17) is 0 Å². The quantitative estimate of drug-likeness (QED) is 0.560. The highest BCUT2D eigenvalue weighted by Crippen LogP contribution is 2.55. The van der Waals surface area contributed by atoms with Gasteiger partial charge in [0.2, 0.25) is 0 Å². The first-order valence-corrected chi connectivity index (χ1v) is 8.99. The maximum atomic E-state index is 14.2. The van der Waals surface area contributed by atoms with Gasteiger partial charge in [-0.1, -0.05) is 0 Å². The molecule has 0 saturated heterocycles. The largest absolute Gasteiger partial charge is 0.427 e. The molecule has 0 aliphatic carbocycles. The molecule has 172 valence electrons. The summed E-state index contributed by atoms with van der Waals surface area (Å²) in [4.78, 5) is 31.9. The Morgan fingerprint density at radius 2 is 1.48 bits per heavy atom. The summed E-state index contributed by atoms with van der Waals surface area (Å²) in [6.07, 6.45) is -9.82. The monoisotopic (exact) mass is 474 g/mol. The molecule has 0 spiro atoms. The van der Waals surface area contributed by atoms with Gasteiger partial charge in [-0.2, -0.15) is 26.3 Å². The number of benzene rings is 1. The van der Waals surface area contributed by atoms with Crippen LogP contribution in [-0.2, 0) is 5.54 Å². The number of aliphatic imine (C=N–C) groups is 1. The standard InChI is InChI=1S/C19H10F7N5O2/c20-10-1-3-11(4-2-10)31-14-12(15(32)29-16(31)33)17(18(21,22)23,19(24,25)26)30-13(28-14)9-5-7-27-8-6-9/h1-8H,(H,28,30)(H,29,32,33)/p+1. The van der Waals surface area contributed by atoms with Crippen LogP contribution in [-0.4, -0.2) is 27.7 Å². The molecule has 1 aliphatic rings. The number of fused-ring (bicyclic) bond motifs is 1. The number of pyridine rings is 1. The molecule has 4 rings (SSSR count). The fraction of sp³-hybridized carbons (Fsp3) is 0.158. The number of alkyl halides is 6. The Balaban J connectivity index is 2.18. The zero-order valence-electron chi connectivity index (χ0n) is 16.0. The summed E-state index contributed by atoms with van der Waals surface area (Å²) in [6.45, 7) is 0. The summed E-state index contributed by atoms with van der Waals surface area (Å²) in [5, 5.41) is 2.26. The summed E-state index contributed by atoms with van der Waals surface area (Å²) in [5.41, 5.74) is -10.7. The molecule has 0 atom stereocenters. The Hall–Kier alpha value is -3.97. The fourth-order valence-corrected chi connectivity index (χ4v) is 3.44. The van der Waals surface area contributed by atoms with Crippen molar-refractivity contribution in [2.45, 2.75) is 17.9 Å². The van der Waals surface area contributed by atoms with Crippen LogP contribution in [0.5, 0.6) is 0 Å². The van der Waals surface area contributed by atoms with Crippen LogP contribution < -0.4 is 21.5 Å². The molecule has 3 N–H and O–H groups in total. The van der Waals surface area contributed by atoms with Crippen LogP contribution in [0.1, 0.15) is 11.1 Å². The van der Waals surface area contributed by atoms with Crippen molar-refractivity contribution in [2.24, 2.45) is 4.99 Å². The van der Waals surface area contributed by atoms with Crippen molar-refractivity contribution >= 4 is 11.7 Å². The lowest BCUT2D eigenvalue weighted by Crippen LogP contribution is -2.59. The zero-order valence-corrected chi connectivity index (χ0v) is 16.0. The van der Waals surface area contributed by atoms with Gasteiger partial charge in [-0.15, -0.1) is 0 Å². The first kappa shape index (κ1) is 22.2. The van der Waals surface area contributed by atoms with Crippen LogP contribution in [0.15, 0.2) is 63.4 Å². The third kappa shape index (κ3) is 3.37. The van der Waals surface area contributed by atoms with E-state index in [1.807, 2.05) is 0 Å². The van der Waals surface area contributed by atoms with Gasteiger partial charge in [-0.05, 0) is 24.3 Å². The lowest BCUT2D eigenvalue weighted by molar-refractivity contribution is -0.378. The maximum Gasteiger partial charge on any atom is 0.427 e. The van der Waals surface area contributed by atoms with Crippen molar-refractivity contribution < 1.29 is 35.7 Å². The maximum absolute atomic E-state index is 14.2. The van der Waals surface area contributed by atoms with Gasteiger partial charge in [0.05, 0.1) is 5.69 Å². The summed E-state index contributed by atoms with van der Waals surface area (Å²) < 4.78 is 98.8. The number of rotatable bonds is 2. The Labute approximate surface area is 178 Å². The Bertz CT molecular complexity index is 1340. The average Bonchev–Trinajstić information content (AvgIpc) is 2.73. The highest BCUT2D eigenvalue weighted by atomic mass is 19.4. The highest BCUT2D eigenvalue weighted by Gasteiger charge is 2.75. The molecule has 0 saturated carbocycles. The average molecular weight is 474 g/mol. The normalized spacial score (nSPS) is 15.4. The number of hydrogen-bond donors (Lipinski definition) is 2. The molecule has 0 fully saturated rings. The Morgan fingerprint density at radius 1 is 0.909 bits per heavy atom. The minimum absolute atomic E-state index is 0.198. The van der Waals surface area contributed by atoms with E-state index in [-0.39, 0.29) is 11.3 Å². The SMILES string of the molecule is O=c1[nH]c(=O)n(-c2ccc(F)cc2)c2c1C(C(F)(F)F)(C(F)(F)F)N=C(c1cc[nH+]cc1)N2. The predicted molar refractivity (Wildman–Crippen MR) is 99.6 cm³/mol. The van der Waals surface area contributed by atoms with Gasteiger partial charge in [-0.3, -0.25) is 9.78 Å². The van der Waals surface area contributed by atoms with Crippen LogP contribution >= 0.6 is 0 Å². The van der Waals surface area contributed by atoms with Crippen LogP contribution in [0, 0.1) is 5.82 Å². The molecule has 0 bridgehead atoms. The summed E-state index contributed by atoms with van der Waals surface area (Å²) in [6, 6.07) is 5.85. The number of aromatic amines is 2. The first-order valence-electron chi connectivity index (χ1n) is 8.99. The van der Waals surface area contributed by atoms with Crippen molar-refractivity contribution in [2.75, 3.05) is 5.32 Å². The Morgan fingerprint density at radius 3 is 2.03 bits per heavy atom. The van der Waals surface area contributed by atoms with Crippen molar-refractivity contribution in [1.29, 1.82) is 0 Å². The molecule has 7 nitrogen and oxygen atoms in total. The smallest absolute Gasteiger partial charge is 0.325 e. The minimum Gasteiger partial charge on any atom is -0.325 e. The first-order chi connectivity index (χ1) is 15.4. The van der Waals surface area contributed by atoms with E-state index in [2.05, 4.69) is 15.3 Å². The molecule has 3 heterocycles. The number of aromatic nitrogens is 3. The molecular formula is C19H11F7N5O2+. The number of halogens is 7. The third-order valence-corrected chi connectivity index (χ3v) is 4.89. The molecule has 3 aromatic rings. The topological polar surface area (TPSA) is 93.4 Å². The van der Waals surface area contributed by atoms with Crippen molar-refractivity contribution in [3.05, 3.63) is 86.6 Å². The van der Waals surface area contributed by atoms with Gasteiger partial charge >= 0.3 is 18.0 Å². The molecule has 0 unspecified atom stereocenters. The predicted octanol–water partition coefficient (Wildman–Crippen LogP) is 2.67. The summed E-state index contributed by atoms with van der Waals surface area (Å²) in [5.74, 6) is -2.78. The van der Waals surface area contributed by atoms with Crippen LogP contribution in [0.3, 0.4) is 0 Å². The molecular weight excluding hydrogens is 463 g/mol. The summed E-state index contributed by atoms with van der Waals surface area (Å²) in [7, 11) is 0. The minimum atomic E-state index is -6.13. The van der Waals surface area contributed by atoms with Crippen LogP contribution in [0.4, 0.5) is 36.6 Å². The molecule has 1 aromatic carbocycles. The van der Waals surface area contributed by atoms with Crippen molar-refractivity contribution in [1.82, 2.24) is 9.55 Å². The zero-order chi connectivity index (χ0) is 24.2. The van der Waals surface area contributed by atoms with Gasteiger partial charge in [-0.25, -0.2) is 23.7 Å². The molecule has 33 heavy (non-hydrogen) atoms. The third-order valence-electron chi connectivity index (χ3n) is 4.89. The molecule has 0 amide bonds. The van der Waals surface area contributed by atoms with Gasteiger partial charge < -0.3 is 5.32 Å². The molecule has 14 heteroatoms. The lowest BCUT2D eigenvalue weighted by Gasteiger charge is -2.38. The molecule has 2 aromatic heterocycles. The number of anilines is 1. The van der Waals surface area contributed by atoms with E-state index >= 15 is 0 Å². The lowest BCUT2D eigenvalue weighted by atomic mass is 9.87. The number of amidine groups is 1. The van der Waals surface area contributed by atoms with Gasteiger partial charge in [0.25, 0.3) is 11.1 Å². The van der Waals surface area contributed by atoms with Crippen molar-refractivity contribution in [3.8, 4) is 5.69 Å². The molecule has 0 radical (unpaired) electrons.